The Morgan fingerprint density at radius 1 is 1.06 bits per heavy atom. The average Bonchev–Trinajstić information content (AvgIpc) is 2.30. The third kappa shape index (κ3) is 2.26. The van der Waals surface area contributed by atoms with Crippen molar-refractivity contribution in [2.45, 2.75) is 13.0 Å². The molecule has 0 fully saturated rings. The third-order valence-corrected chi connectivity index (χ3v) is 2.87. The van der Waals surface area contributed by atoms with Gasteiger partial charge in [0.05, 0.1) is 6.10 Å². The van der Waals surface area contributed by atoms with Gasteiger partial charge in [-0.15, -0.1) is 0 Å². The summed E-state index contributed by atoms with van der Waals surface area (Å²) < 4.78 is 0. The van der Waals surface area contributed by atoms with E-state index >= 15 is 0 Å². The smallest absolute Gasteiger partial charge is 0.0762 e. The largest absolute Gasteiger partial charge is 0.389 e. The lowest BCUT2D eigenvalue weighted by Crippen LogP contribution is -1.91. The summed E-state index contributed by atoms with van der Waals surface area (Å²) in [7, 11) is 0. The van der Waals surface area contributed by atoms with Gasteiger partial charge < -0.3 is 5.11 Å². The molecule has 0 saturated heterocycles. The van der Waals surface area contributed by atoms with E-state index in [4.69, 9.17) is 11.6 Å². The van der Waals surface area contributed by atoms with Crippen LogP contribution in [0.1, 0.15) is 18.6 Å². The van der Waals surface area contributed by atoms with Crippen molar-refractivity contribution in [3.8, 4) is 11.1 Å². The quantitative estimate of drug-likeness (QED) is 0.828. The summed E-state index contributed by atoms with van der Waals surface area (Å²) >= 11 is 6.20. The van der Waals surface area contributed by atoms with Crippen LogP contribution in [0.4, 0.5) is 0 Å². The minimum Gasteiger partial charge on any atom is -0.389 e. The lowest BCUT2D eigenvalue weighted by molar-refractivity contribution is 0.199. The maximum Gasteiger partial charge on any atom is 0.0762 e. The summed E-state index contributed by atoms with van der Waals surface area (Å²) in [6, 6.07) is 15.6. The van der Waals surface area contributed by atoms with E-state index in [0.717, 1.165) is 16.7 Å². The first-order valence-electron chi connectivity index (χ1n) is 5.21. The van der Waals surface area contributed by atoms with Gasteiger partial charge in [-0.05, 0) is 24.1 Å². The molecule has 2 rings (SSSR count). The Morgan fingerprint density at radius 2 is 1.75 bits per heavy atom. The molecule has 1 atom stereocenters. The monoisotopic (exact) mass is 232 g/mol. The van der Waals surface area contributed by atoms with Gasteiger partial charge in [-0.3, -0.25) is 0 Å². The van der Waals surface area contributed by atoms with E-state index in [-0.39, 0.29) is 0 Å². The zero-order valence-corrected chi connectivity index (χ0v) is 9.78. The summed E-state index contributed by atoms with van der Waals surface area (Å²) in [6.07, 6.45) is -0.484. The minimum atomic E-state index is -0.484. The van der Waals surface area contributed by atoms with Crippen molar-refractivity contribution in [2.75, 3.05) is 0 Å². The van der Waals surface area contributed by atoms with Gasteiger partial charge in [0.2, 0.25) is 0 Å². The van der Waals surface area contributed by atoms with E-state index in [9.17, 15) is 5.11 Å². The van der Waals surface area contributed by atoms with Gasteiger partial charge >= 0.3 is 0 Å². The summed E-state index contributed by atoms with van der Waals surface area (Å²) in [6.45, 7) is 1.73. The molecule has 0 aliphatic heterocycles. The number of aliphatic hydroxyl groups excluding tert-OH is 1. The van der Waals surface area contributed by atoms with Crippen molar-refractivity contribution in [1.82, 2.24) is 0 Å². The molecule has 0 amide bonds. The average molecular weight is 233 g/mol. The van der Waals surface area contributed by atoms with E-state index in [1.165, 1.54) is 0 Å². The van der Waals surface area contributed by atoms with E-state index in [2.05, 4.69) is 0 Å². The van der Waals surface area contributed by atoms with Gasteiger partial charge in [0.15, 0.2) is 0 Å². The Balaban J connectivity index is 2.45. The van der Waals surface area contributed by atoms with Crippen LogP contribution in [0, 0.1) is 0 Å². The first-order chi connectivity index (χ1) is 7.68. The number of aliphatic hydroxyl groups is 1. The highest BCUT2D eigenvalue weighted by atomic mass is 35.5. The van der Waals surface area contributed by atoms with E-state index in [0.29, 0.717) is 5.02 Å². The van der Waals surface area contributed by atoms with Crippen molar-refractivity contribution in [3.63, 3.8) is 0 Å². The molecule has 16 heavy (non-hydrogen) atoms. The van der Waals surface area contributed by atoms with Crippen LogP contribution in [0.25, 0.3) is 11.1 Å². The van der Waals surface area contributed by atoms with Crippen molar-refractivity contribution >= 4 is 11.6 Å². The highest BCUT2D eigenvalue weighted by molar-refractivity contribution is 6.33. The topological polar surface area (TPSA) is 20.2 Å². The summed E-state index contributed by atoms with van der Waals surface area (Å²) in [5.41, 5.74) is 2.92. The molecule has 0 radical (unpaired) electrons. The molecule has 2 aromatic carbocycles. The fraction of sp³-hybridized carbons (Fsp3) is 0.143. The normalized spacial score (nSPS) is 12.4. The molecule has 2 aromatic rings. The van der Waals surface area contributed by atoms with Crippen molar-refractivity contribution in [2.24, 2.45) is 0 Å². The van der Waals surface area contributed by atoms with Crippen LogP contribution in [0.5, 0.6) is 0 Å². The molecule has 0 aromatic heterocycles. The number of hydrogen-bond acceptors (Lipinski definition) is 1. The van der Waals surface area contributed by atoms with Gasteiger partial charge in [-0.1, -0.05) is 54.1 Å². The molecule has 82 valence electrons. The Kier molecular flexibility index (Phi) is 3.28. The standard InChI is InChI=1S/C14H13ClO/c1-10(16)12-7-8-13(14(15)9-12)11-5-3-2-4-6-11/h2-10,16H,1H3. The number of rotatable bonds is 2. The molecule has 1 nitrogen and oxygen atoms in total. The predicted molar refractivity (Wildman–Crippen MR) is 67.5 cm³/mol. The van der Waals surface area contributed by atoms with Crippen LogP contribution < -0.4 is 0 Å². The molecular weight excluding hydrogens is 220 g/mol. The molecule has 1 unspecified atom stereocenters. The highest BCUT2D eigenvalue weighted by Gasteiger charge is 2.06. The van der Waals surface area contributed by atoms with E-state index < -0.39 is 6.10 Å². The zero-order valence-electron chi connectivity index (χ0n) is 9.02. The molecule has 0 aliphatic rings. The van der Waals surface area contributed by atoms with Crippen molar-refractivity contribution in [3.05, 3.63) is 59.1 Å². The van der Waals surface area contributed by atoms with Gasteiger partial charge in [0.1, 0.15) is 0 Å². The van der Waals surface area contributed by atoms with Crippen molar-refractivity contribution in [1.29, 1.82) is 0 Å². The second-order valence-electron chi connectivity index (χ2n) is 3.78. The third-order valence-electron chi connectivity index (χ3n) is 2.56. The lowest BCUT2D eigenvalue weighted by Gasteiger charge is -2.09. The SMILES string of the molecule is CC(O)c1ccc(-c2ccccc2)c(Cl)c1. The lowest BCUT2D eigenvalue weighted by atomic mass is 10.0. The van der Waals surface area contributed by atoms with Gasteiger partial charge in [0, 0.05) is 10.6 Å². The summed E-state index contributed by atoms with van der Waals surface area (Å²) in [5, 5.41) is 10.1. The fourth-order valence-corrected chi connectivity index (χ4v) is 1.94. The molecule has 1 N–H and O–H groups in total. The van der Waals surface area contributed by atoms with Crippen LogP contribution in [0.2, 0.25) is 5.02 Å². The zero-order chi connectivity index (χ0) is 11.5. The molecule has 0 heterocycles. The van der Waals surface area contributed by atoms with Crippen LogP contribution in [-0.4, -0.2) is 5.11 Å². The number of benzene rings is 2. The minimum absolute atomic E-state index is 0.484. The molecule has 0 aliphatic carbocycles. The first-order valence-corrected chi connectivity index (χ1v) is 5.59. The maximum absolute atomic E-state index is 9.45. The summed E-state index contributed by atoms with van der Waals surface area (Å²) in [4.78, 5) is 0. The molecule has 2 heteroatoms. The summed E-state index contributed by atoms with van der Waals surface area (Å²) in [5.74, 6) is 0. The van der Waals surface area contributed by atoms with Crippen molar-refractivity contribution < 1.29 is 5.11 Å². The number of hydrogen-bond donors (Lipinski definition) is 1. The molecule has 0 spiro atoms. The predicted octanol–water partition coefficient (Wildman–Crippen LogP) is 4.06. The Labute approximate surface area is 100 Å². The Bertz CT molecular complexity index is 477. The van der Waals surface area contributed by atoms with Gasteiger partial charge in [-0.2, -0.15) is 0 Å². The highest BCUT2D eigenvalue weighted by Crippen LogP contribution is 2.30. The molecule has 0 saturated carbocycles. The fourth-order valence-electron chi connectivity index (χ4n) is 1.64. The van der Waals surface area contributed by atoms with Crippen LogP contribution in [0.15, 0.2) is 48.5 Å². The Morgan fingerprint density at radius 3 is 2.31 bits per heavy atom. The van der Waals surface area contributed by atoms with Gasteiger partial charge in [-0.25, -0.2) is 0 Å². The van der Waals surface area contributed by atoms with E-state index in [1.807, 2.05) is 48.5 Å². The first kappa shape index (κ1) is 11.2. The van der Waals surface area contributed by atoms with Crippen LogP contribution >= 0.6 is 11.6 Å². The second-order valence-corrected chi connectivity index (χ2v) is 4.19. The Hall–Kier alpha value is -1.31. The number of halogens is 1. The second kappa shape index (κ2) is 4.69. The van der Waals surface area contributed by atoms with Crippen LogP contribution in [-0.2, 0) is 0 Å². The van der Waals surface area contributed by atoms with E-state index in [1.54, 1.807) is 6.92 Å². The van der Waals surface area contributed by atoms with Crippen LogP contribution in [0.3, 0.4) is 0 Å². The maximum atomic E-state index is 9.45. The molecular formula is C14H13ClO. The van der Waals surface area contributed by atoms with Gasteiger partial charge in [0.25, 0.3) is 0 Å². The molecule has 0 bridgehead atoms.